The van der Waals surface area contributed by atoms with Crippen LogP contribution in [0.4, 0.5) is 0 Å². The van der Waals surface area contributed by atoms with Crippen LogP contribution in [0.5, 0.6) is 0 Å². The van der Waals surface area contributed by atoms with Crippen molar-refractivity contribution in [1.29, 1.82) is 0 Å². The summed E-state index contributed by atoms with van der Waals surface area (Å²) >= 11 is 1.86. The molecule has 0 heterocycles. The quantitative estimate of drug-likeness (QED) is 0.531. The highest BCUT2D eigenvalue weighted by molar-refractivity contribution is 7.99. The summed E-state index contributed by atoms with van der Waals surface area (Å²) in [5.74, 6) is 2.16. The second-order valence-electron chi connectivity index (χ2n) is 2.21. The molecule has 0 unspecified atom stereocenters. The Kier molecular flexibility index (Phi) is 9.04. The molecule has 0 rings (SSSR count). The summed E-state index contributed by atoms with van der Waals surface area (Å²) in [6.07, 6.45) is 6.37. The first-order valence-electron chi connectivity index (χ1n) is 3.84. The first-order chi connectivity index (χ1) is 4.91. The Bertz CT molecular complexity index is 73.7. The molecule has 0 spiro atoms. The highest BCUT2D eigenvalue weighted by atomic mass is 32.2. The van der Waals surface area contributed by atoms with Crippen molar-refractivity contribution in [1.82, 2.24) is 0 Å². The van der Waals surface area contributed by atoms with Crippen LogP contribution in [0.25, 0.3) is 0 Å². The molecule has 0 saturated heterocycles. The van der Waals surface area contributed by atoms with Crippen LogP contribution in [0.15, 0.2) is 0 Å². The molecule has 0 saturated carbocycles. The van der Waals surface area contributed by atoms with Crippen molar-refractivity contribution < 1.29 is 4.79 Å². The SMILES string of the molecule is CCCCCSCC[C]=O. The van der Waals surface area contributed by atoms with Crippen LogP contribution in [0, 0.1) is 0 Å². The smallest absolute Gasteiger partial charge is 0.199 e. The van der Waals surface area contributed by atoms with Crippen LogP contribution in [0.2, 0.25) is 0 Å². The average molecular weight is 159 g/mol. The highest BCUT2D eigenvalue weighted by Gasteiger charge is 1.88. The van der Waals surface area contributed by atoms with Crippen LogP contribution >= 0.6 is 11.8 Å². The predicted molar refractivity (Wildman–Crippen MR) is 47.2 cm³/mol. The monoisotopic (exact) mass is 159 g/mol. The third-order valence-electron chi connectivity index (χ3n) is 1.24. The van der Waals surface area contributed by atoms with E-state index in [2.05, 4.69) is 6.92 Å². The van der Waals surface area contributed by atoms with Crippen LogP contribution < -0.4 is 0 Å². The van der Waals surface area contributed by atoms with Crippen LogP contribution in [0.3, 0.4) is 0 Å². The molecular formula is C8H15OS. The third-order valence-corrected chi connectivity index (χ3v) is 2.31. The van der Waals surface area contributed by atoms with Crippen molar-refractivity contribution in [2.24, 2.45) is 0 Å². The van der Waals surface area contributed by atoms with E-state index in [0.29, 0.717) is 6.42 Å². The van der Waals surface area contributed by atoms with Gasteiger partial charge in [-0.15, -0.1) is 0 Å². The van der Waals surface area contributed by atoms with Crippen molar-refractivity contribution in [3.63, 3.8) is 0 Å². The topological polar surface area (TPSA) is 17.1 Å². The fourth-order valence-corrected chi connectivity index (χ4v) is 1.51. The largest absolute Gasteiger partial charge is 0.291 e. The maximum absolute atomic E-state index is 9.76. The lowest BCUT2D eigenvalue weighted by Crippen LogP contribution is -1.84. The normalized spacial score (nSPS) is 9.70. The fraction of sp³-hybridized carbons (Fsp3) is 0.875. The lowest BCUT2D eigenvalue weighted by atomic mass is 10.3. The Morgan fingerprint density at radius 3 is 2.70 bits per heavy atom. The summed E-state index contributed by atoms with van der Waals surface area (Å²) in [7, 11) is 0. The van der Waals surface area contributed by atoms with Gasteiger partial charge in [0, 0.05) is 12.2 Å². The Morgan fingerprint density at radius 1 is 1.30 bits per heavy atom. The number of unbranched alkanes of at least 4 members (excludes halogenated alkanes) is 2. The van der Waals surface area contributed by atoms with Crippen molar-refractivity contribution in [2.75, 3.05) is 11.5 Å². The summed E-state index contributed by atoms with van der Waals surface area (Å²) in [6, 6.07) is 0. The fourth-order valence-electron chi connectivity index (χ4n) is 0.670. The molecular weight excluding hydrogens is 144 g/mol. The van der Waals surface area contributed by atoms with Gasteiger partial charge in [-0.05, 0) is 12.2 Å². The number of hydrogen-bond acceptors (Lipinski definition) is 2. The van der Waals surface area contributed by atoms with Crippen LogP contribution in [-0.2, 0) is 4.79 Å². The second-order valence-corrected chi connectivity index (χ2v) is 3.44. The molecule has 0 aliphatic heterocycles. The first-order valence-corrected chi connectivity index (χ1v) is 5.00. The molecule has 1 radical (unpaired) electrons. The first kappa shape index (κ1) is 10.0. The maximum atomic E-state index is 9.76. The molecule has 0 N–H and O–H groups in total. The highest BCUT2D eigenvalue weighted by Crippen LogP contribution is 2.06. The zero-order valence-electron chi connectivity index (χ0n) is 6.56. The molecule has 0 aliphatic carbocycles. The summed E-state index contributed by atoms with van der Waals surface area (Å²) in [5, 5.41) is 0. The van der Waals surface area contributed by atoms with Crippen molar-refractivity contribution in [3.8, 4) is 0 Å². The van der Waals surface area contributed by atoms with Gasteiger partial charge in [-0.1, -0.05) is 19.8 Å². The predicted octanol–water partition coefficient (Wildman–Crippen LogP) is 2.41. The second kappa shape index (κ2) is 9.02. The molecule has 0 aromatic carbocycles. The Labute approximate surface area is 67.6 Å². The van der Waals surface area contributed by atoms with Gasteiger partial charge in [0.2, 0.25) is 0 Å². The molecule has 0 amide bonds. The van der Waals surface area contributed by atoms with Crippen molar-refractivity contribution in [2.45, 2.75) is 32.6 Å². The number of rotatable bonds is 7. The molecule has 1 nitrogen and oxygen atoms in total. The van der Waals surface area contributed by atoms with E-state index >= 15 is 0 Å². The zero-order chi connectivity index (χ0) is 7.66. The standard InChI is InChI=1S/C8H15OS/c1-2-3-4-7-10-8-5-6-9/h2-5,7-8H2,1H3. The molecule has 0 aromatic heterocycles. The molecule has 2 heteroatoms. The van der Waals surface area contributed by atoms with Gasteiger partial charge in [0.25, 0.3) is 0 Å². The summed E-state index contributed by atoms with van der Waals surface area (Å²) in [4.78, 5) is 9.76. The van der Waals surface area contributed by atoms with E-state index in [1.54, 1.807) is 0 Å². The van der Waals surface area contributed by atoms with E-state index in [0.717, 1.165) is 5.75 Å². The van der Waals surface area contributed by atoms with E-state index < -0.39 is 0 Å². The number of carbonyl (C=O) groups excluding carboxylic acids is 1. The minimum Gasteiger partial charge on any atom is -0.291 e. The maximum Gasteiger partial charge on any atom is 0.199 e. The molecule has 0 fully saturated rings. The summed E-state index contributed by atoms with van der Waals surface area (Å²) < 4.78 is 0. The van der Waals surface area contributed by atoms with Crippen LogP contribution in [-0.4, -0.2) is 17.8 Å². The van der Waals surface area contributed by atoms with Gasteiger partial charge in [-0.2, -0.15) is 11.8 Å². The lowest BCUT2D eigenvalue weighted by Gasteiger charge is -1.95. The average Bonchev–Trinajstić information content (AvgIpc) is 1.97. The number of hydrogen-bond donors (Lipinski definition) is 0. The Hall–Kier alpha value is 0.0200. The summed E-state index contributed by atoms with van der Waals surface area (Å²) in [5.41, 5.74) is 0. The molecule has 0 atom stereocenters. The van der Waals surface area contributed by atoms with Gasteiger partial charge in [0.1, 0.15) is 0 Å². The lowest BCUT2D eigenvalue weighted by molar-refractivity contribution is 0.554. The van der Waals surface area contributed by atoms with Crippen LogP contribution in [0.1, 0.15) is 32.6 Å². The molecule has 0 aliphatic rings. The molecule has 10 heavy (non-hydrogen) atoms. The van der Waals surface area contributed by atoms with Crippen molar-refractivity contribution in [3.05, 3.63) is 0 Å². The van der Waals surface area contributed by atoms with E-state index in [4.69, 9.17) is 0 Å². The molecule has 59 valence electrons. The Balaban J connectivity index is 2.70. The minimum atomic E-state index is 0.594. The molecule has 0 aromatic rings. The van der Waals surface area contributed by atoms with Gasteiger partial charge in [-0.3, -0.25) is 4.79 Å². The Morgan fingerprint density at radius 2 is 2.10 bits per heavy atom. The van der Waals surface area contributed by atoms with Crippen molar-refractivity contribution >= 4 is 18.0 Å². The minimum absolute atomic E-state index is 0.594. The van der Waals surface area contributed by atoms with Gasteiger partial charge in [0.15, 0.2) is 6.29 Å². The van der Waals surface area contributed by atoms with Gasteiger partial charge in [0.05, 0.1) is 0 Å². The summed E-state index contributed by atoms with van der Waals surface area (Å²) in [6.45, 7) is 2.20. The van der Waals surface area contributed by atoms with Gasteiger partial charge < -0.3 is 0 Å². The molecule has 0 bridgehead atoms. The van der Waals surface area contributed by atoms with Gasteiger partial charge >= 0.3 is 0 Å². The van der Waals surface area contributed by atoms with Gasteiger partial charge in [-0.25, -0.2) is 0 Å². The zero-order valence-corrected chi connectivity index (χ0v) is 7.38. The van der Waals surface area contributed by atoms with E-state index in [1.165, 1.54) is 25.0 Å². The number of thioether (sulfide) groups is 1. The third kappa shape index (κ3) is 8.02. The van der Waals surface area contributed by atoms with E-state index in [-0.39, 0.29) is 0 Å². The van der Waals surface area contributed by atoms with E-state index in [1.807, 2.05) is 18.0 Å². The van der Waals surface area contributed by atoms with E-state index in [9.17, 15) is 4.79 Å².